The fraction of sp³-hybridized carbons (Fsp3) is 0.0725. The summed E-state index contributed by atoms with van der Waals surface area (Å²) in [6.45, 7) is 9.02. The molecular formula is C69H50N4O2. The number of anilines is 6. The van der Waals surface area contributed by atoms with Crippen LogP contribution in [-0.4, -0.2) is 9.97 Å². The molecule has 1 aliphatic rings. The lowest BCUT2D eigenvalue weighted by Crippen LogP contribution is -2.16. The van der Waals surface area contributed by atoms with E-state index in [2.05, 4.69) is 219 Å². The Morgan fingerprint density at radius 1 is 0.333 bits per heavy atom. The van der Waals surface area contributed by atoms with Gasteiger partial charge in [-0.15, -0.1) is 0 Å². The first-order valence-corrected chi connectivity index (χ1v) is 25.6. The van der Waals surface area contributed by atoms with Crippen molar-refractivity contribution in [1.29, 1.82) is 0 Å². The van der Waals surface area contributed by atoms with Crippen molar-refractivity contribution < 1.29 is 8.83 Å². The van der Waals surface area contributed by atoms with Crippen molar-refractivity contribution >= 4 is 77.9 Å². The molecule has 14 rings (SSSR count). The molecule has 0 spiro atoms. The predicted molar refractivity (Wildman–Crippen MR) is 309 cm³/mol. The lowest BCUT2D eigenvalue weighted by molar-refractivity contribution is 0.619. The molecule has 2 heterocycles. The van der Waals surface area contributed by atoms with E-state index in [1.165, 1.54) is 60.5 Å². The van der Waals surface area contributed by atoms with Gasteiger partial charge in [0, 0.05) is 50.7 Å². The van der Waals surface area contributed by atoms with Crippen molar-refractivity contribution in [3.63, 3.8) is 0 Å². The molecule has 6 nitrogen and oxygen atoms in total. The summed E-state index contributed by atoms with van der Waals surface area (Å²) < 4.78 is 12.3. The van der Waals surface area contributed by atoms with Crippen LogP contribution in [0.3, 0.4) is 0 Å². The Bertz CT molecular complexity index is 4290. The average Bonchev–Trinajstić information content (AvgIpc) is 4.19. The number of nitrogens with zero attached hydrogens (tertiary/aromatic N) is 4. The normalized spacial score (nSPS) is 12.6. The number of aromatic nitrogens is 2. The van der Waals surface area contributed by atoms with Crippen molar-refractivity contribution in [2.45, 2.75) is 33.1 Å². The molecule has 13 aromatic rings. The van der Waals surface area contributed by atoms with Crippen LogP contribution in [0.25, 0.3) is 88.9 Å². The van der Waals surface area contributed by atoms with E-state index >= 15 is 0 Å². The van der Waals surface area contributed by atoms with Crippen LogP contribution in [0, 0.1) is 13.8 Å². The lowest BCUT2D eigenvalue weighted by Gasteiger charge is -2.28. The Morgan fingerprint density at radius 2 is 0.707 bits per heavy atom. The molecule has 0 bridgehead atoms. The molecule has 0 aliphatic heterocycles. The van der Waals surface area contributed by atoms with E-state index in [-0.39, 0.29) is 5.41 Å². The van der Waals surface area contributed by atoms with E-state index in [9.17, 15) is 0 Å². The highest BCUT2D eigenvalue weighted by atomic mass is 16.4. The van der Waals surface area contributed by atoms with Gasteiger partial charge in [-0.2, -0.15) is 0 Å². The summed E-state index contributed by atoms with van der Waals surface area (Å²) in [5.74, 6) is 1.22. The molecule has 0 saturated carbocycles. The Hall–Kier alpha value is -9.52. The van der Waals surface area contributed by atoms with E-state index in [4.69, 9.17) is 18.8 Å². The third-order valence-electron chi connectivity index (χ3n) is 15.2. The van der Waals surface area contributed by atoms with E-state index in [0.717, 1.165) is 73.0 Å². The third-order valence-corrected chi connectivity index (χ3v) is 15.2. The quantitative estimate of drug-likeness (QED) is 0.144. The van der Waals surface area contributed by atoms with E-state index in [0.29, 0.717) is 11.8 Å². The molecule has 0 fully saturated rings. The first-order chi connectivity index (χ1) is 36.7. The summed E-state index contributed by atoms with van der Waals surface area (Å²) in [6, 6.07) is 82.7. The van der Waals surface area contributed by atoms with E-state index in [1.54, 1.807) is 0 Å². The van der Waals surface area contributed by atoms with Crippen LogP contribution in [0.4, 0.5) is 34.1 Å². The van der Waals surface area contributed by atoms with Crippen LogP contribution >= 0.6 is 0 Å². The van der Waals surface area contributed by atoms with Crippen LogP contribution in [0.1, 0.15) is 36.1 Å². The monoisotopic (exact) mass is 966 g/mol. The van der Waals surface area contributed by atoms with Gasteiger partial charge in [-0.25, -0.2) is 9.97 Å². The first kappa shape index (κ1) is 44.2. The number of fused-ring (bicyclic) bond motifs is 7. The molecule has 0 atom stereocenters. The van der Waals surface area contributed by atoms with Gasteiger partial charge in [0.2, 0.25) is 11.8 Å². The van der Waals surface area contributed by atoms with Gasteiger partial charge in [0.25, 0.3) is 0 Å². The van der Waals surface area contributed by atoms with Crippen LogP contribution in [0.2, 0.25) is 0 Å². The maximum Gasteiger partial charge on any atom is 0.227 e. The second kappa shape index (κ2) is 17.3. The van der Waals surface area contributed by atoms with Crippen molar-refractivity contribution in [2.75, 3.05) is 9.80 Å². The summed E-state index contributed by atoms with van der Waals surface area (Å²) in [5.41, 5.74) is 21.3. The zero-order chi connectivity index (χ0) is 50.4. The molecule has 11 aromatic carbocycles. The molecule has 0 unspecified atom stereocenters. The summed E-state index contributed by atoms with van der Waals surface area (Å²) in [6.07, 6.45) is 0. The van der Waals surface area contributed by atoms with Crippen LogP contribution < -0.4 is 9.80 Å². The molecular weight excluding hydrogens is 917 g/mol. The second-order valence-electron chi connectivity index (χ2n) is 20.5. The number of oxazole rings is 2. The zero-order valence-electron chi connectivity index (χ0n) is 42.0. The maximum absolute atomic E-state index is 6.18. The smallest absolute Gasteiger partial charge is 0.227 e. The lowest BCUT2D eigenvalue weighted by atomic mass is 9.81. The number of hydrogen-bond acceptors (Lipinski definition) is 6. The molecule has 75 heavy (non-hydrogen) atoms. The number of para-hydroxylation sites is 4. The highest BCUT2D eigenvalue weighted by molar-refractivity contribution is 5.93. The first-order valence-electron chi connectivity index (χ1n) is 25.6. The van der Waals surface area contributed by atoms with Crippen molar-refractivity contribution in [1.82, 2.24) is 9.97 Å². The van der Waals surface area contributed by atoms with Crippen molar-refractivity contribution in [2.24, 2.45) is 0 Å². The van der Waals surface area contributed by atoms with Crippen LogP contribution in [0.15, 0.2) is 239 Å². The van der Waals surface area contributed by atoms with Crippen molar-refractivity contribution in [3.8, 4) is 45.2 Å². The predicted octanol–water partition coefficient (Wildman–Crippen LogP) is 19.1. The average molecular weight is 967 g/mol. The zero-order valence-corrected chi connectivity index (χ0v) is 42.0. The Kier molecular flexibility index (Phi) is 10.2. The molecule has 358 valence electrons. The van der Waals surface area contributed by atoms with E-state index in [1.807, 2.05) is 48.5 Å². The van der Waals surface area contributed by atoms with Gasteiger partial charge in [0.05, 0.1) is 0 Å². The van der Waals surface area contributed by atoms with Gasteiger partial charge >= 0.3 is 0 Å². The number of aryl methyl sites for hydroxylation is 2. The minimum atomic E-state index is -0.268. The number of hydrogen-bond donors (Lipinski definition) is 0. The highest BCUT2D eigenvalue weighted by Crippen LogP contribution is 2.52. The Labute approximate surface area is 435 Å². The van der Waals surface area contributed by atoms with Crippen molar-refractivity contribution in [3.05, 3.63) is 253 Å². The molecule has 2 aromatic heterocycles. The van der Waals surface area contributed by atoms with Crippen LogP contribution in [-0.2, 0) is 5.41 Å². The fourth-order valence-corrected chi connectivity index (χ4v) is 11.2. The Balaban J connectivity index is 0.797. The van der Waals surface area contributed by atoms with Gasteiger partial charge in [0.15, 0.2) is 11.2 Å². The summed E-state index contributed by atoms with van der Waals surface area (Å²) in [5, 5.41) is 4.84. The number of rotatable bonds is 9. The van der Waals surface area contributed by atoms with Gasteiger partial charge in [0.1, 0.15) is 11.0 Å². The van der Waals surface area contributed by atoms with Gasteiger partial charge in [-0.05, 0) is 196 Å². The summed E-state index contributed by atoms with van der Waals surface area (Å²) in [7, 11) is 0. The minimum Gasteiger partial charge on any atom is -0.436 e. The maximum atomic E-state index is 6.18. The Morgan fingerprint density at radius 3 is 1.21 bits per heavy atom. The third kappa shape index (κ3) is 7.73. The second-order valence-corrected chi connectivity index (χ2v) is 20.5. The molecule has 1 aliphatic carbocycles. The SMILES string of the molecule is Cc1ccc2cc(N(c3ccc(-c4ccc5c(c4)C(C)(C)c4cc(N(c6ccc(-c7nc8ccccc8o7)cc6)c6ccc7cc(C)ccc7c6)ccc4-5)cc3)c3ccc(-c4nc5ccccc5o4)cc3)ccc2c1. The number of benzene rings is 11. The molecule has 0 amide bonds. The fourth-order valence-electron chi connectivity index (χ4n) is 11.2. The topological polar surface area (TPSA) is 58.5 Å². The molecule has 0 saturated heterocycles. The van der Waals surface area contributed by atoms with Gasteiger partial charge in [-0.1, -0.05) is 128 Å². The van der Waals surface area contributed by atoms with Gasteiger partial charge < -0.3 is 18.6 Å². The summed E-state index contributed by atoms with van der Waals surface area (Å²) >= 11 is 0. The minimum absolute atomic E-state index is 0.268. The van der Waals surface area contributed by atoms with Crippen LogP contribution in [0.5, 0.6) is 0 Å². The largest absolute Gasteiger partial charge is 0.436 e. The highest BCUT2D eigenvalue weighted by Gasteiger charge is 2.36. The summed E-state index contributed by atoms with van der Waals surface area (Å²) in [4.78, 5) is 14.3. The molecule has 0 N–H and O–H groups in total. The molecule has 6 heteroatoms. The van der Waals surface area contributed by atoms with Gasteiger partial charge in [-0.3, -0.25) is 0 Å². The van der Waals surface area contributed by atoms with E-state index < -0.39 is 0 Å². The molecule has 0 radical (unpaired) electrons. The standard InChI is InChI=1S/C69H50N4O2/c1-43-13-15-50-39-56(32-23-48(50)37-43)72(54-28-19-46(20-29-54)67-70-63-9-5-7-11-65(63)74-67)53-26-17-45(18-27-53)52-25-35-59-60-36-34-58(42-62(60)69(3,4)61(59)41-52)73(57-33-24-49-38-44(2)14-16-51(49)40-57)55-30-21-47(22-31-55)68-71-64-10-6-8-12-66(64)75-68/h5-42H,1-4H3.